The van der Waals surface area contributed by atoms with Gasteiger partial charge in [-0.1, -0.05) is 19.8 Å². The zero-order chi connectivity index (χ0) is 9.11. The van der Waals surface area contributed by atoms with Gasteiger partial charge in [0.2, 0.25) is 0 Å². The third kappa shape index (κ3) is 44.2. The smallest absolute Gasteiger partial charge is 0.303 e. The Morgan fingerprint density at radius 3 is 2.17 bits per heavy atom. The molecule has 0 aliphatic heterocycles. The third-order valence-electron chi connectivity index (χ3n) is 0.994. The van der Waals surface area contributed by atoms with E-state index in [0.29, 0.717) is 6.42 Å². The molecule has 0 fully saturated rings. The average molecular weight is 417 g/mol. The Labute approximate surface area is 66.4 Å². The fourth-order valence-corrected chi connectivity index (χ4v) is 0.526. The number of unbranched alkanes of at least 4 members (excludes halogenated alkanes) is 2. The van der Waals surface area contributed by atoms with Crippen LogP contribution in [0.5, 0.6) is 0 Å². The number of hydrogen-bond acceptors (Lipinski definition) is 2. The molecule has 3 N–H and O–H groups in total. The SMILES string of the molecule is CCCCCC(=O)O.N[C-]=O.[Fm]. The maximum atomic E-state index is 9.87. The number of rotatable bonds is 4. The normalized spacial score (nSPS) is 7.08. The van der Waals surface area contributed by atoms with Gasteiger partial charge in [0.1, 0.15) is 0 Å². The molecule has 0 bridgehead atoms. The Hall–Kier alpha value is -2.06. The fourth-order valence-electron chi connectivity index (χ4n) is 0.526. The van der Waals surface area contributed by atoms with Crippen molar-refractivity contribution in [3.05, 3.63) is 0 Å². The van der Waals surface area contributed by atoms with Crippen molar-refractivity contribution in [1.29, 1.82) is 0 Å². The summed E-state index contributed by atoms with van der Waals surface area (Å²) in [5, 5.41) is 8.14. The molecule has 78 valence electrons. The zero-order valence-corrected chi connectivity index (χ0v) is 9.36. The average Bonchev–Trinajstić information content (AvgIpc) is 1.89. The fraction of sp³-hybridized carbons (Fsp3) is 0.714. The molecular weight excluding hydrogens is 403 g/mol. The van der Waals surface area contributed by atoms with Crippen molar-refractivity contribution in [1.82, 2.24) is 0 Å². The van der Waals surface area contributed by atoms with E-state index in [1.165, 1.54) is 0 Å². The van der Waals surface area contributed by atoms with E-state index >= 15 is 0 Å². The first kappa shape index (κ1) is 16.5. The Morgan fingerprint density at radius 2 is 1.92 bits per heavy atom. The van der Waals surface area contributed by atoms with Crippen molar-refractivity contribution in [2.24, 2.45) is 5.73 Å². The van der Waals surface area contributed by atoms with Crippen LogP contribution in [0.25, 0.3) is 0 Å². The van der Waals surface area contributed by atoms with Crippen LogP contribution in [0.2, 0.25) is 0 Å². The predicted molar refractivity (Wildman–Crippen MR) is 41.7 cm³/mol. The summed E-state index contributed by atoms with van der Waals surface area (Å²) < 4.78 is 0. The van der Waals surface area contributed by atoms with Crippen LogP contribution in [0.3, 0.4) is 0 Å². The number of primary amides is 1. The van der Waals surface area contributed by atoms with Gasteiger partial charge in [-0.05, 0) is 6.42 Å². The molecule has 0 aromatic heterocycles. The standard InChI is InChI=1S/C6H12O2.CH2NO.Fm/c1-2-3-4-5-6(7)8;2-1-3;/h2-5H2,1H3,(H,7,8);(H2,2,3);/q;-1;. The molecule has 4 nitrogen and oxygen atoms in total. The molecule has 0 radical (unpaired) electrons. The summed E-state index contributed by atoms with van der Waals surface area (Å²) in [4.78, 5) is 18.3. The first-order valence-electron chi connectivity index (χ1n) is 3.48. The molecule has 0 aromatic rings. The summed E-state index contributed by atoms with van der Waals surface area (Å²) in [5.41, 5.74) is 4.04. The minimum absolute atomic E-state index is 0. The molecule has 0 spiro atoms. The summed E-state index contributed by atoms with van der Waals surface area (Å²) >= 11 is 0. The summed E-state index contributed by atoms with van der Waals surface area (Å²) in [5.74, 6) is -0.682. The first-order chi connectivity index (χ1) is 5.18. The molecule has 0 unspecified atom stereocenters. The van der Waals surface area contributed by atoms with E-state index in [1.54, 1.807) is 0 Å². The number of hydrogen-bond donors (Lipinski definition) is 2. The van der Waals surface area contributed by atoms with Crippen LogP contribution >= 0.6 is 0 Å². The van der Waals surface area contributed by atoms with Gasteiger partial charge in [-0.15, -0.1) is 0 Å². The van der Waals surface area contributed by atoms with Crippen LogP contribution < -0.4 is 5.73 Å². The van der Waals surface area contributed by atoms with Crippen LogP contribution in [0, 0.1) is 0 Å². The van der Waals surface area contributed by atoms with Gasteiger partial charge in [-0.2, -0.15) is 6.41 Å². The number of carbonyl (C=O) groups excluding carboxylic acids is 1. The van der Waals surface area contributed by atoms with Gasteiger partial charge in [0.25, 0.3) is 0 Å². The number of aliphatic carboxylic acids is 1. The molecule has 0 aliphatic carbocycles. The third-order valence-corrected chi connectivity index (χ3v) is 0.994. The Bertz CT molecular complexity index is 109. The van der Waals surface area contributed by atoms with Crippen molar-refractivity contribution in [3.63, 3.8) is 0 Å². The number of carboxylic acid groups (broad SMARTS) is 1. The molecule has 1 amide bonds. The second-order valence-electron chi connectivity index (χ2n) is 1.97. The number of amides is 1. The Morgan fingerprint density at radius 1 is 1.50 bits per heavy atom. The second-order valence-corrected chi connectivity index (χ2v) is 1.97. The van der Waals surface area contributed by atoms with Gasteiger partial charge in [-0.25, -0.2) is 0 Å². The topological polar surface area (TPSA) is 80.4 Å². The molecular formula is C7H14FmNO3-. The quantitative estimate of drug-likeness (QED) is 0.401. The molecule has 0 aliphatic rings. The van der Waals surface area contributed by atoms with Gasteiger partial charge in [0.15, 0.2) is 0 Å². The molecule has 0 saturated heterocycles. The number of nitrogens with two attached hydrogens (primary N) is 1. The maximum absolute atomic E-state index is 9.87. The van der Waals surface area contributed by atoms with Crippen molar-refractivity contribution in [2.45, 2.75) is 32.6 Å². The molecule has 0 atom stereocenters. The largest absolute Gasteiger partial charge is 0.543 e. The van der Waals surface area contributed by atoms with Crippen LogP contribution in [0.15, 0.2) is 0 Å². The van der Waals surface area contributed by atoms with E-state index in [4.69, 9.17) is 9.90 Å². The molecule has 0 aromatic carbocycles. The van der Waals surface area contributed by atoms with Gasteiger partial charge < -0.3 is 15.6 Å². The molecule has 0 rings (SSSR count). The van der Waals surface area contributed by atoms with Crippen LogP contribution in [0.4, 0.5) is 0 Å². The molecule has 5 heteroatoms. The van der Waals surface area contributed by atoms with Crippen molar-refractivity contribution < 1.29 is 14.7 Å². The van der Waals surface area contributed by atoms with Gasteiger partial charge in [-0.3, -0.25) is 4.79 Å². The van der Waals surface area contributed by atoms with Gasteiger partial charge in [0.05, 0.1) is 0 Å². The minimum atomic E-state index is -0.682. The second kappa shape index (κ2) is 16.0. The van der Waals surface area contributed by atoms with E-state index in [0.717, 1.165) is 25.7 Å². The predicted octanol–water partition coefficient (Wildman–Crippen LogP) is 0.664. The Balaban J connectivity index is -0.000000177. The molecule has 12 heavy (non-hydrogen) atoms. The van der Waals surface area contributed by atoms with Crippen molar-refractivity contribution >= 4 is 12.4 Å². The molecule has 0 saturated carbocycles. The van der Waals surface area contributed by atoms with Gasteiger partial charge in [0, 0.05) is 6.42 Å². The summed E-state index contributed by atoms with van der Waals surface area (Å²) in [6, 6.07) is 0. The van der Waals surface area contributed by atoms with Crippen LogP contribution in [-0.2, 0) is 9.59 Å². The van der Waals surface area contributed by atoms with Crippen molar-refractivity contribution in [2.75, 3.05) is 0 Å². The molecule has 0 heterocycles. The number of carbonyl (C=O) groups is 1. The number of carboxylic acids is 1. The monoisotopic (exact) mass is 417 g/mol. The summed E-state index contributed by atoms with van der Waals surface area (Å²) in [7, 11) is 0. The van der Waals surface area contributed by atoms with Crippen molar-refractivity contribution in [3.8, 4) is 0 Å². The first-order valence-corrected chi connectivity index (χ1v) is 3.48. The maximum Gasteiger partial charge on any atom is 0.303 e. The van der Waals surface area contributed by atoms with Crippen LogP contribution in [0.1, 0.15) is 32.6 Å². The van der Waals surface area contributed by atoms with E-state index < -0.39 is 5.97 Å². The van der Waals surface area contributed by atoms with E-state index in [2.05, 4.69) is 12.7 Å². The zero-order valence-electron chi connectivity index (χ0n) is 6.96. The minimum Gasteiger partial charge on any atom is -0.543 e. The van der Waals surface area contributed by atoms with E-state index in [1.807, 2.05) is 0 Å². The Kier molecular flexibility index (Phi) is 22.0. The van der Waals surface area contributed by atoms with E-state index in [-0.39, 0.29) is 0 Å². The van der Waals surface area contributed by atoms with E-state index in [9.17, 15) is 4.79 Å². The van der Waals surface area contributed by atoms with Gasteiger partial charge >= 0.3 is 5.97 Å². The summed E-state index contributed by atoms with van der Waals surface area (Å²) in [6.45, 7) is 2.06. The van der Waals surface area contributed by atoms with Crippen LogP contribution in [-0.4, -0.2) is 17.5 Å². The summed E-state index contributed by atoms with van der Waals surface area (Å²) in [6.07, 6.45) is 4.28.